The number of hydrogen-bond acceptors (Lipinski definition) is 5. The Morgan fingerprint density at radius 1 is 1.16 bits per heavy atom. The minimum Gasteiger partial charge on any atom is -0.421 e. The molecule has 2 aromatic rings. The van der Waals surface area contributed by atoms with Crippen molar-refractivity contribution in [3.63, 3.8) is 0 Å². The highest BCUT2D eigenvalue weighted by Crippen LogP contribution is 2.27. The zero-order chi connectivity index (χ0) is 17.1. The molecule has 6 nitrogen and oxygen atoms in total. The summed E-state index contributed by atoms with van der Waals surface area (Å²) in [6, 6.07) is 10.5. The Morgan fingerprint density at radius 2 is 2.04 bits per heavy atom. The average molecular weight is 340 g/mol. The standard InChI is InChI=1S/C19H24N4O2/c24-17(20-15-11-13-23-12-5-4-8-16(15)23)9-10-18-21-22-19(25-18)14-6-2-1-3-7-14/h1-3,6-7,15-16H,4-5,8-13H2,(H,20,24)/t15-,16+/m0/s1. The summed E-state index contributed by atoms with van der Waals surface area (Å²) < 4.78 is 5.67. The Bertz CT molecular complexity index is 715. The molecule has 0 radical (unpaired) electrons. The smallest absolute Gasteiger partial charge is 0.247 e. The van der Waals surface area contributed by atoms with Gasteiger partial charge in [-0.05, 0) is 37.9 Å². The lowest BCUT2D eigenvalue weighted by atomic mass is 9.99. The van der Waals surface area contributed by atoms with Crippen LogP contribution in [0.25, 0.3) is 11.5 Å². The van der Waals surface area contributed by atoms with Crippen LogP contribution in [-0.4, -0.2) is 46.2 Å². The number of aryl methyl sites for hydroxylation is 1. The van der Waals surface area contributed by atoms with Gasteiger partial charge in [0, 0.05) is 37.0 Å². The van der Waals surface area contributed by atoms with Gasteiger partial charge in [0.15, 0.2) is 0 Å². The summed E-state index contributed by atoms with van der Waals surface area (Å²) in [4.78, 5) is 14.8. The van der Waals surface area contributed by atoms with Crippen LogP contribution >= 0.6 is 0 Å². The molecule has 0 unspecified atom stereocenters. The summed E-state index contributed by atoms with van der Waals surface area (Å²) in [6.07, 6.45) is 5.70. The molecule has 1 amide bonds. The summed E-state index contributed by atoms with van der Waals surface area (Å²) in [5, 5.41) is 11.3. The van der Waals surface area contributed by atoms with E-state index in [1.54, 1.807) is 0 Å². The van der Waals surface area contributed by atoms with E-state index in [4.69, 9.17) is 4.42 Å². The molecule has 2 saturated heterocycles. The number of rotatable bonds is 5. The fraction of sp³-hybridized carbons (Fsp3) is 0.526. The van der Waals surface area contributed by atoms with Crippen molar-refractivity contribution in [2.24, 2.45) is 0 Å². The number of piperidine rings is 1. The van der Waals surface area contributed by atoms with Crippen LogP contribution in [0.4, 0.5) is 0 Å². The van der Waals surface area contributed by atoms with E-state index in [1.165, 1.54) is 25.8 Å². The van der Waals surface area contributed by atoms with Crippen molar-refractivity contribution >= 4 is 5.91 Å². The Balaban J connectivity index is 1.28. The molecule has 2 aliphatic heterocycles. The SMILES string of the molecule is O=C(CCc1nnc(-c2ccccc2)o1)N[C@H]1CCN2CCCC[C@H]12. The molecule has 0 spiro atoms. The lowest BCUT2D eigenvalue weighted by Gasteiger charge is -2.32. The van der Waals surface area contributed by atoms with Gasteiger partial charge in [0.05, 0.1) is 0 Å². The zero-order valence-electron chi connectivity index (χ0n) is 14.4. The molecule has 4 rings (SSSR count). The second-order valence-electron chi connectivity index (χ2n) is 6.93. The number of hydrogen-bond donors (Lipinski definition) is 1. The molecular weight excluding hydrogens is 316 g/mol. The number of fused-ring (bicyclic) bond motifs is 1. The number of carbonyl (C=O) groups excluding carboxylic acids is 1. The van der Waals surface area contributed by atoms with E-state index < -0.39 is 0 Å². The maximum atomic E-state index is 12.3. The minimum absolute atomic E-state index is 0.0804. The van der Waals surface area contributed by atoms with E-state index in [2.05, 4.69) is 20.4 Å². The number of carbonyl (C=O) groups is 1. The molecule has 132 valence electrons. The molecule has 1 aromatic heterocycles. The van der Waals surface area contributed by atoms with E-state index in [0.717, 1.165) is 18.5 Å². The van der Waals surface area contributed by atoms with Crippen LogP contribution in [0.15, 0.2) is 34.7 Å². The molecular formula is C19H24N4O2. The van der Waals surface area contributed by atoms with Gasteiger partial charge in [-0.25, -0.2) is 0 Å². The van der Waals surface area contributed by atoms with Crippen molar-refractivity contribution in [2.75, 3.05) is 13.1 Å². The average Bonchev–Trinajstić information content (AvgIpc) is 3.28. The summed E-state index contributed by atoms with van der Waals surface area (Å²) in [5.74, 6) is 1.10. The Morgan fingerprint density at radius 3 is 2.92 bits per heavy atom. The largest absolute Gasteiger partial charge is 0.421 e. The first-order chi connectivity index (χ1) is 12.3. The maximum Gasteiger partial charge on any atom is 0.247 e. The van der Waals surface area contributed by atoms with Gasteiger partial charge in [-0.2, -0.15) is 0 Å². The molecule has 3 heterocycles. The first-order valence-electron chi connectivity index (χ1n) is 9.21. The van der Waals surface area contributed by atoms with E-state index in [9.17, 15) is 4.79 Å². The van der Waals surface area contributed by atoms with Gasteiger partial charge in [-0.3, -0.25) is 9.69 Å². The summed E-state index contributed by atoms with van der Waals surface area (Å²) in [6.45, 7) is 2.29. The second kappa shape index (κ2) is 7.35. The number of amides is 1. The van der Waals surface area contributed by atoms with Crippen LogP contribution in [0.2, 0.25) is 0 Å². The second-order valence-corrected chi connectivity index (χ2v) is 6.93. The third-order valence-corrected chi connectivity index (χ3v) is 5.26. The summed E-state index contributed by atoms with van der Waals surface area (Å²) in [7, 11) is 0. The van der Waals surface area contributed by atoms with Crippen LogP contribution in [0.3, 0.4) is 0 Å². The molecule has 2 atom stereocenters. The van der Waals surface area contributed by atoms with Crippen molar-refractivity contribution in [1.29, 1.82) is 0 Å². The molecule has 1 N–H and O–H groups in total. The van der Waals surface area contributed by atoms with E-state index in [-0.39, 0.29) is 5.91 Å². The van der Waals surface area contributed by atoms with Gasteiger partial charge in [-0.15, -0.1) is 10.2 Å². The predicted octanol–water partition coefficient (Wildman–Crippen LogP) is 2.41. The normalized spacial score (nSPS) is 23.4. The van der Waals surface area contributed by atoms with Crippen molar-refractivity contribution < 1.29 is 9.21 Å². The van der Waals surface area contributed by atoms with E-state index in [0.29, 0.717) is 36.7 Å². The lowest BCUT2D eigenvalue weighted by Crippen LogP contribution is -2.46. The van der Waals surface area contributed by atoms with Crippen LogP contribution < -0.4 is 5.32 Å². The monoisotopic (exact) mass is 340 g/mol. The van der Waals surface area contributed by atoms with Gasteiger partial charge in [0.25, 0.3) is 0 Å². The highest BCUT2D eigenvalue weighted by molar-refractivity contribution is 5.76. The third-order valence-electron chi connectivity index (χ3n) is 5.26. The van der Waals surface area contributed by atoms with Gasteiger partial charge in [0.2, 0.25) is 17.7 Å². The molecule has 1 aromatic carbocycles. The van der Waals surface area contributed by atoms with Crippen molar-refractivity contribution in [1.82, 2.24) is 20.4 Å². The van der Waals surface area contributed by atoms with E-state index >= 15 is 0 Å². The first-order valence-corrected chi connectivity index (χ1v) is 9.21. The molecule has 2 aliphatic rings. The molecule has 0 saturated carbocycles. The first kappa shape index (κ1) is 16.3. The number of benzene rings is 1. The molecule has 2 fully saturated rings. The molecule has 6 heteroatoms. The minimum atomic E-state index is 0.0804. The molecule has 25 heavy (non-hydrogen) atoms. The van der Waals surface area contributed by atoms with Crippen molar-refractivity contribution in [3.05, 3.63) is 36.2 Å². The fourth-order valence-electron chi connectivity index (χ4n) is 3.97. The number of nitrogens with one attached hydrogen (secondary N) is 1. The Kier molecular flexibility index (Phi) is 4.78. The predicted molar refractivity (Wildman–Crippen MR) is 93.8 cm³/mol. The quantitative estimate of drug-likeness (QED) is 0.905. The Labute approximate surface area is 147 Å². The van der Waals surface area contributed by atoms with Gasteiger partial charge < -0.3 is 9.73 Å². The highest BCUT2D eigenvalue weighted by atomic mass is 16.4. The number of aromatic nitrogens is 2. The number of nitrogens with zero attached hydrogens (tertiary/aromatic N) is 3. The van der Waals surface area contributed by atoms with Crippen LogP contribution in [0.5, 0.6) is 0 Å². The van der Waals surface area contributed by atoms with Gasteiger partial charge in [-0.1, -0.05) is 24.6 Å². The lowest BCUT2D eigenvalue weighted by molar-refractivity contribution is -0.122. The Hall–Kier alpha value is -2.21. The molecule has 0 bridgehead atoms. The van der Waals surface area contributed by atoms with Crippen LogP contribution in [0.1, 0.15) is 38.0 Å². The van der Waals surface area contributed by atoms with Crippen LogP contribution in [0, 0.1) is 0 Å². The summed E-state index contributed by atoms with van der Waals surface area (Å²) >= 11 is 0. The summed E-state index contributed by atoms with van der Waals surface area (Å²) in [5.41, 5.74) is 0.897. The fourth-order valence-corrected chi connectivity index (χ4v) is 3.97. The third kappa shape index (κ3) is 3.74. The zero-order valence-corrected chi connectivity index (χ0v) is 14.4. The topological polar surface area (TPSA) is 71.3 Å². The highest BCUT2D eigenvalue weighted by Gasteiger charge is 2.36. The van der Waals surface area contributed by atoms with Crippen LogP contribution in [-0.2, 0) is 11.2 Å². The van der Waals surface area contributed by atoms with Crippen molar-refractivity contribution in [3.8, 4) is 11.5 Å². The van der Waals surface area contributed by atoms with Gasteiger partial charge >= 0.3 is 0 Å². The van der Waals surface area contributed by atoms with Gasteiger partial charge in [0.1, 0.15) is 0 Å². The van der Waals surface area contributed by atoms with Crippen molar-refractivity contribution in [2.45, 2.75) is 50.6 Å². The van der Waals surface area contributed by atoms with E-state index in [1.807, 2.05) is 30.3 Å². The molecule has 0 aliphatic carbocycles. The maximum absolute atomic E-state index is 12.3.